The molecule has 1 atom stereocenters. The zero-order valence-corrected chi connectivity index (χ0v) is 8.98. The van der Waals surface area contributed by atoms with Crippen molar-refractivity contribution in [2.45, 2.75) is 25.9 Å². The highest BCUT2D eigenvalue weighted by Crippen LogP contribution is 2.03. The molecule has 0 saturated heterocycles. The van der Waals surface area contributed by atoms with Crippen LogP contribution in [0, 0.1) is 0 Å². The number of carbonyl (C=O) groups excluding carboxylic acids is 1. The largest absolute Gasteiger partial charge is 0.369 e. The molecule has 0 fully saturated rings. The third kappa shape index (κ3) is 4.61. The number of carbonyl (C=O) groups is 1. The van der Waals surface area contributed by atoms with Crippen molar-refractivity contribution in [3.63, 3.8) is 0 Å². The second-order valence-corrected chi connectivity index (χ2v) is 3.50. The Labute approximate surface area is 90.2 Å². The molecule has 1 unspecified atom stereocenters. The maximum atomic E-state index is 10.7. The van der Waals surface area contributed by atoms with E-state index in [4.69, 9.17) is 10.5 Å². The molecule has 3 heteroatoms. The molecule has 1 aromatic rings. The molecule has 0 aromatic heterocycles. The highest BCUT2D eigenvalue weighted by molar-refractivity contribution is 5.78. The zero-order chi connectivity index (χ0) is 11.1. The Hall–Kier alpha value is -1.35. The SMILES string of the molecule is CC(OCCCc1ccccc1)C(N)=O. The number of aryl methyl sites for hydroxylation is 1. The Bertz CT molecular complexity index is 298. The van der Waals surface area contributed by atoms with Crippen molar-refractivity contribution in [3.05, 3.63) is 35.9 Å². The van der Waals surface area contributed by atoms with Gasteiger partial charge in [0.15, 0.2) is 0 Å². The first kappa shape index (κ1) is 11.7. The molecule has 0 spiro atoms. The van der Waals surface area contributed by atoms with Gasteiger partial charge in [-0.25, -0.2) is 0 Å². The molecule has 0 aliphatic heterocycles. The van der Waals surface area contributed by atoms with Crippen LogP contribution in [0.5, 0.6) is 0 Å². The van der Waals surface area contributed by atoms with Crippen molar-refractivity contribution < 1.29 is 9.53 Å². The number of hydrogen-bond donors (Lipinski definition) is 1. The lowest BCUT2D eigenvalue weighted by atomic mass is 10.1. The predicted octanol–water partition coefficient (Wildman–Crippen LogP) is 1.51. The summed E-state index contributed by atoms with van der Waals surface area (Å²) in [7, 11) is 0. The average Bonchev–Trinajstić information content (AvgIpc) is 2.25. The Morgan fingerprint density at radius 1 is 1.40 bits per heavy atom. The monoisotopic (exact) mass is 207 g/mol. The first-order chi connectivity index (χ1) is 7.20. The van der Waals surface area contributed by atoms with E-state index in [1.807, 2.05) is 18.2 Å². The molecule has 1 rings (SSSR count). The van der Waals surface area contributed by atoms with Gasteiger partial charge in [0.2, 0.25) is 5.91 Å². The molecule has 0 saturated carbocycles. The Balaban J connectivity index is 2.15. The lowest BCUT2D eigenvalue weighted by molar-refractivity contribution is -0.128. The smallest absolute Gasteiger partial charge is 0.246 e. The van der Waals surface area contributed by atoms with Crippen molar-refractivity contribution >= 4 is 5.91 Å². The number of amides is 1. The molecule has 0 bridgehead atoms. The van der Waals surface area contributed by atoms with Crippen LogP contribution >= 0.6 is 0 Å². The number of benzene rings is 1. The third-order valence-electron chi connectivity index (χ3n) is 2.22. The minimum Gasteiger partial charge on any atom is -0.369 e. The van der Waals surface area contributed by atoms with Gasteiger partial charge in [0.1, 0.15) is 6.10 Å². The van der Waals surface area contributed by atoms with Gasteiger partial charge in [-0.15, -0.1) is 0 Å². The van der Waals surface area contributed by atoms with Gasteiger partial charge in [0.25, 0.3) is 0 Å². The second kappa shape index (κ2) is 6.19. The van der Waals surface area contributed by atoms with Gasteiger partial charge in [-0.1, -0.05) is 30.3 Å². The normalized spacial score (nSPS) is 12.3. The van der Waals surface area contributed by atoms with Crippen LogP contribution in [0.15, 0.2) is 30.3 Å². The molecule has 3 nitrogen and oxygen atoms in total. The number of hydrogen-bond acceptors (Lipinski definition) is 2. The number of nitrogens with two attached hydrogens (primary N) is 1. The maximum absolute atomic E-state index is 10.7. The zero-order valence-electron chi connectivity index (χ0n) is 8.98. The predicted molar refractivity (Wildman–Crippen MR) is 59.4 cm³/mol. The van der Waals surface area contributed by atoms with E-state index >= 15 is 0 Å². The number of primary amides is 1. The van der Waals surface area contributed by atoms with E-state index < -0.39 is 12.0 Å². The van der Waals surface area contributed by atoms with E-state index in [0.29, 0.717) is 6.61 Å². The Morgan fingerprint density at radius 2 is 2.07 bits per heavy atom. The fourth-order valence-electron chi connectivity index (χ4n) is 1.26. The van der Waals surface area contributed by atoms with E-state index in [1.165, 1.54) is 5.56 Å². The maximum Gasteiger partial charge on any atom is 0.246 e. The fourth-order valence-corrected chi connectivity index (χ4v) is 1.26. The van der Waals surface area contributed by atoms with Gasteiger partial charge < -0.3 is 10.5 Å². The molecular formula is C12H17NO2. The molecular weight excluding hydrogens is 190 g/mol. The summed E-state index contributed by atoms with van der Waals surface area (Å²) in [6.07, 6.45) is 1.38. The van der Waals surface area contributed by atoms with Crippen LogP contribution in [0.4, 0.5) is 0 Å². The van der Waals surface area contributed by atoms with Crippen molar-refractivity contribution in [2.75, 3.05) is 6.61 Å². The average molecular weight is 207 g/mol. The van der Waals surface area contributed by atoms with Crippen molar-refractivity contribution in [1.29, 1.82) is 0 Å². The molecule has 0 heterocycles. The standard InChI is InChI=1S/C12H17NO2/c1-10(12(13)14)15-9-5-8-11-6-3-2-4-7-11/h2-4,6-7,10H,5,8-9H2,1H3,(H2,13,14). The summed E-state index contributed by atoms with van der Waals surface area (Å²) < 4.78 is 5.25. The quantitative estimate of drug-likeness (QED) is 0.719. The summed E-state index contributed by atoms with van der Waals surface area (Å²) in [6.45, 7) is 2.24. The van der Waals surface area contributed by atoms with E-state index in [9.17, 15) is 4.79 Å². The number of rotatable bonds is 6. The third-order valence-corrected chi connectivity index (χ3v) is 2.22. The van der Waals surface area contributed by atoms with Gasteiger partial charge in [0, 0.05) is 6.61 Å². The topological polar surface area (TPSA) is 52.3 Å². The summed E-state index contributed by atoms with van der Waals surface area (Å²) in [4.78, 5) is 10.7. The highest BCUT2D eigenvalue weighted by atomic mass is 16.5. The summed E-state index contributed by atoms with van der Waals surface area (Å²) in [5, 5.41) is 0. The van der Waals surface area contributed by atoms with Crippen LogP contribution in [0.25, 0.3) is 0 Å². The minimum absolute atomic E-state index is 0.408. The van der Waals surface area contributed by atoms with E-state index in [1.54, 1.807) is 6.92 Å². The minimum atomic E-state index is -0.485. The lowest BCUT2D eigenvalue weighted by Crippen LogP contribution is -2.28. The van der Waals surface area contributed by atoms with Crippen LogP contribution in [-0.2, 0) is 16.0 Å². The first-order valence-corrected chi connectivity index (χ1v) is 5.15. The molecule has 1 aromatic carbocycles. The van der Waals surface area contributed by atoms with E-state index in [2.05, 4.69) is 12.1 Å². The van der Waals surface area contributed by atoms with Crippen molar-refractivity contribution in [2.24, 2.45) is 5.73 Å². The summed E-state index contributed by atoms with van der Waals surface area (Å²) in [5.74, 6) is -0.408. The van der Waals surface area contributed by atoms with Gasteiger partial charge in [-0.2, -0.15) is 0 Å². The lowest BCUT2D eigenvalue weighted by Gasteiger charge is -2.08. The molecule has 0 aliphatic rings. The Kier molecular flexibility index (Phi) is 4.84. The van der Waals surface area contributed by atoms with Gasteiger partial charge in [-0.3, -0.25) is 4.79 Å². The highest BCUT2D eigenvalue weighted by Gasteiger charge is 2.07. The molecule has 15 heavy (non-hydrogen) atoms. The Morgan fingerprint density at radius 3 is 2.67 bits per heavy atom. The molecule has 0 aliphatic carbocycles. The first-order valence-electron chi connectivity index (χ1n) is 5.15. The van der Waals surface area contributed by atoms with Crippen molar-refractivity contribution in [1.82, 2.24) is 0 Å². The number of ether oxygens (including phenoxy) is 1. The van der Waals surface area contributed by atoms with Crippen LogP contribution in [0.2, 0.25) is 0 Å². The summed E-state index contributed by atoms with van der Waals surface area (Å²) in [6, 6.07) is 10.2. The van der Waals surface area contributed by atoms with Gasteiger partial charge in [-0.05, 0) is 25.3 Å². The van der Waals surface area contributed by atoms with E-state index in [0.717, 1.165) is 12.8 Å². The van der Waals surface area contributed by atoms with Gasteiger partial charge in [0.05, 0.1) is 0 Å². The molecule has 82 valence electrons. The summed E-state index contributed by atoms with van der Waals surface area (Å²) in [5.41, 5.74) is 6.35. The van der Waals surface area contributed by atoms with Crippen molar-refractivity contribution in [3.8, 4) is 0 Å². The fraction of sp³-hybridized carbons (Fsp3) is 0.417. The van der Waals surface area contributed by atoms with Crippen LogP contribution in [-0.4, -0.2) is 18.6 Å². The molecule has 2 N–H and O–H groups in total. The molecule has 1 amide bonds. The second-order valence-electron chi connectivity index (χ2n) is 3.50. The van der Waals surface area contributed by atoms with Crippen LogP contribution in [0.1, 0.15) is 18.9 Å². The molecule has 0 radical (unpaired) electrons. The van der Waals surface area contributed by atoms with Crippen LogP contribution in [0.3, 0.4) is 0 Å². The summed E-state index contributed by atoms with van der Waals surface area (Å²) >= 11 is 0. The van der Waals surface area contributed by atoms with E-state index in [-0.39, 0.29) is 0 Å². The van der Waals surface area contributed by atoms with Gasteiger partial charge >= 0.3 is 0 Å². The van der Waals surface area contributed by atoms with Crippen LogP contribution < -0.4 is 5.73 Å².